The second-order valence-electron chi connectivity index (χ2n) is 4.86. The molecule has 0 spiro atoms. The number of esters is 1. The van der Waals surface area contributed by atoms with Gasteiger partial charge in [-0.15, -0.1) is 0 Å². The van der Waals surface area contributed by atoms with Crippen LogP contribution in [0.15, 0.2) is 36.4 Å². The van der Waals surface area contributed by atoms with E-state index < -0.39 is 24.2 Å². The highest BCUT2D eigenvalue weighted by Crippen LogP contribution is 2.21. The van der Waals surface area contributed by atoms with E-state index in [4.69, 9.17) is 9.47 Å². The number of Topliss-reactive ketones (excluding diaryl/α,β-unsaturated/α-hetero) is 1. The number of aromatic hydroxyl groups is 1. The van der Waals surface area contributed by atoms with Gasteiger partial charge in [-0.2, -0.15) is 0 Å². The zero-order valence-electron chi connectivity index (χ0n) is 12.6. The summed E-state index contributed by atoms with van der Waals surface area (Å²) < 4.78 is 23.1. The molecule has 0 heterocycles. The standard InChI is InChI=1S/C17H15FO5/c1-10-3-5-14(19)13(7-10)17(21)23-9-15(20)12-8-11(18)4-6-16(12)22-2/h3-8,19H,9H2,1-2H3. The number of hydrogen-bond donors (Lipinski definition) is 1. The summed E-state index contributed by atoms with van der Waals surface area (Å²) in [6.45, 7) is 1.16. The van der Waals surface area contributed by atoms with Crippen molar-refractivity contribution in [3.05, 3.63) is 58.9 Å². The number of aryl methyl sites for hydroxylation is 1. The van der Waals surface area contributed by atoms with Gasteiger partial charge in [-0.05, 0) is 37.3 Å². The van der Waals surface area contributed by atoms with Crippen LogP contribution in [-0.4, -0.2) is 30.6 Å². The minimum absolute atomic E-state index is 0.0197. The summed E-state index contributed by atoms with van der Waals surface area (Å²) in [5.74, 6) is -2.10. The molecule has 0 bridgehead atoms. The van der Waals surface area contributed by atoms with E-state index in [-0.39, 0.29) is 22.6 Å². The number of carbonyl (C=O) groups is 2. The fraction of sp³-hybridized carbons (Fsp3) is 0.176. The minimum Gasteiger partial charge on any atom is -0.507 e. The van der Waals surface area contributed by atoms with Crippen LogP contribution in [0, 0.1) is 12.7 Å². The summed E-state index contributed by atoms with van der Waals surface area (Å²) in [5.41, 5.74) is 0.700. The molecule has 2 aromatic carbocycles. The number of ketones is 1. The lowest BCUT2D eigenvalue weighted by Gasteiger charge is -2.09. The van der Waals surface area contributed by atoms with Crippen LogP contribution in [0.1, 0.15) is 26.3 Å². The van der Waals surface area contributed by atoms with Gasteiger partial charge in [0, 0.05) is 0 Å². The molecule has 0 aliphatic heterocycles. The predicted molar refractivity (Wildman–Crippen MR) is 80.4 cm³/mol. The molecule has 0 unspecified atom stereocenters. The Morgan fingerprint density at radius 1 is 1.13 bits per heavy atom. The number of rotatable bonds is 5. The Balaban J connectivity index is 2.11. The van der Waals surface area contributed by atoms with Crippen molar-refractivity contribution in [1.29, 1.82) is 0 Å². The Morgan fingerprint density at radius 3 is 2.57 bits per heavy atom. The number of benzene rings is 2. The first-order valence-electron chi connectivity index (χ1n) is 6.76. The number of methoxy groups -OCH3 is 1. The summed E-state index contributed by atoms with van der Waals surface area (Å²) in [6, 6.07) is 7.94. The molecule has 2 aromatic rings. The molecule has 23 heavy (non-hydrogen) atoms. The third kappa shape index (κ3) is 3.85. The highest BCUT2D eigenvalue weighted by atomic mass is 19.1. The molecule has 0 aliphatic rings. The van der Waals surface area contributed by atoms with Crippen LogP contribution in [0.5, 0.6) is 11.5 Å². The van der Waals surface area contributed by atoms with E-state index in [1.54, 1.807) is 13.0 Å². The maximum atomic E-state index is 13.3. The summed E-state index contributed by atoms with van der Waals surface area (Å²) in [4.78, 5) is 24.0. The van der Waals surface area contributed by atoms with Crippen LogP contribution in [0.4, 0.5) is 4.39 Å². The predicted octanol–water partition coefficient (Wildman–Crippen LogP) is 2.89. The van der Waals surface area contributed by atoms with Gasteiger partial charge in [0.2, 0.25) is 5.78 Å². The number of hydrogen-bond acceptors (Lipinski definition) is 5. The van der Waals surface area contributed by atoms with Crippen molar-refractivity contribution < 1.29 is 28.6 Å². The van der Waals surface area contributed by atoms with Crippen LogP contribution in [0.2, 0.25) is 0 Å². The second kappa shape index (κ2) is 6.91. The number of phenolic OH excluding ortho intramolecular Hbond substituents is 1. The van der Waals surface area contributed by atoms with Crippen LogP contribution in [0.3, 0.4) is 0 Å². The highest BCUT2D eigenvalue weighted by molar-refractivity contribution is 6.01. The molecule has 0 aromatic heterocycles. The van der Waals surface area contributed by atoms with E-state index >= 15 is 0 Å². The third-order valence-electron chi connectivity index (χ3n) is 3.17. The molecule has 5 nitrogen and oxygen atoms in total. The van der Waals surface area contributed by atoms with Gasteiger partial charge < -0.3 is 14.6 Å². The van der Waals surface area contributed by atoms with Crippen molar-refractivity contribution in [2.75, 3.05) is 13.7 Å². The molecule has 0 fully saturated rings. The van der Waals surface area contributed by atoms with E-state index in [2.05, 4.69) is 0 Å². The zero-order valence-corrected chi connectivity index (χ0v) is 12.6. The highest BCUT2D eigenvalue weighted by Gasteiger charge is 2.18. The molecule has 6 heteroatoms. The Labute approximate surface area is 132 Å². The van der Waals surface area contributed by atoms with Crippen molar-refractivity contribution in [3.63, 3.8) is 0 Å². The first-order chi connectivity index (χ1) is 10.9. The average molecular weight is 318 g/mol. The smallest absolute Gasteiger partial charge is 0.342 e. The molecule has 2 rings (SSSR count). The van der Waals surface area contributed by atoms with Gasteiger partial charge in [-0.3, -0.25) is 4.79 Å². The van der Waals surface area contributed by atoms with Gasteiger partial charge in [0.05, 0.1) is 12.7 Å². The van der Waals surface area contributed by atoms with Crippen molar-refractivity contribution >= 4 is 11.8 Å². The zero-order chi connectivity index (χ0) is 17.0. The summed E-state index contributed by atoms with van der Waals surface area (Å²) in [5, 5.41) is 9.65. The number of halogens is 1. The van der Waals surface area contributed by atoms with Gasteiger partial charge in [0.1, 0.15) is 22.9 Å². The van der Waals surface area contributed by atoms with Crippen molar-refractivity contribution in [2.24, 2.45) is 0 Å². The molecule has 0 saturated carbocycles. The quantitative estimate of drug-likeness (QED) is 0.678. The maximum absolute atomic E-state index is 13.3. The van der Waals surface area contributed by atoms with Crippen molar-refractivity contribution in [3.8, 4) is 11.5 Å². The summed E-state index contributed by atoms with van der Waals surface area (Å²) in [6.07, 6.45) is 0. The summed E-state index contributed by atoms with van der Waals surface area (Å²) >= 11 is 0. The Bertz CT molecular complexity index is 755. The van der Waals surface area contributed by atoms with Gasteiger partial charge in [-0.1, -0.05) is 11.6 Å². The first-order valence-corrected chi connectivity index (χ1v) is 6.76. The van der Waals surface area contributed by atoms with Crippen LogP contribution in [-0.2, 0) is 4.74 Å². The van der Waals surface area contributed by atoms with E-state index in [0.717, 1.165) is 17.7 Å². The van der Waals surface area contributed by atoms with E-state index in [0.29, 0.717) is 0 Å². The molecule has 120 valence electrons. The van der Waals surface area contributed by atoms with E-state index in [1.165, 1.54) is 25.3 Å². The Morgan fingerprint density at radius 2 is 1.87 bits per heavy atom. The molecule has 1 N–H and O–H groups in total. The molecule has 0 atom stereocenters. The van der Waals surface area contributed by atoms with Crippen LogP contribution < -0.4 is 4.74 Å². The molecule has 0 saturated heterocycles. The van der Waals surface area contributed by atoms with Crippen molar-refractivity contribution in [1.82, 2.24) is 0 Å². The first kappa shape index (κ1) is 16.5. The monoisotopic (exact) mass is 318 g/mol. The number of ether oxygens (including phenoxy) is 2. The lowest BCUT2D eigenvalue weighted by Crippen LogP contribution is -2.15. The molecular weight excluding hydrogens is 303 g/mol. The van der Waals surface area contributed by atoms with Crippen molar-refractivity contribution in [2.45, 2.75) is 6.92 Å². The third-order valence-corrected chi connectivity index (χ3v) is 3.17. The second-order valence-corrected chi connectivity index (χ2v) is 4.86. The lowest BCUT2D eigenvalue weighted by molar-refractivity contribution is 0.0471. The van der Waals surface area contributed by atoms with Gasteiger partial charge in [0.25, 0.3) is 0 Å². The SMILES string of the molecule is COc1ccc(F)cc1C(=O)COC(=O)c1cc(C)ccc1O. The summed E-state index contributed by atoms with van der Waals surface area (Å²) in [7, 11) is 1.35. The molecule has 0 amide bonds. The van der Waals surface area contributed by atoms with E-state index in [9.17, 15) is 19.1 Å². The number of carbonyl (C=O) groups excluding carboxylic acids is 2. The van der Waals surface area contributed by atoms with Crippen LogP contribution >= 0.6 is 0 Å². The molecule has 0 aliphatic carbocycles. The Kier molecular flexibility index (Phi) is 4.95. The Hall–Kier alpha value is -2.89. The van der Waals surface area contributed by atoms with Gasteiger partial charge in [-0.25, -0.2) is 9.18 Å². The van der Waals surface area contributed by atoms with E-state index in [1.807, 2.05) is 0 Å². The fourth-order valence-corrected chi connectivity index (χ4v) is 2.00. The van der Waals surface area contributed by atoms with Gasteiger partial charge in [0.15, 0.2) is 6.61 Å². The van der Waals surface area contributed by atoms with Gasteiger partial charge >= 0.3 is 5.97 Å². The normalized spacial score (nSPS) is 10.2. The number of phenols is 1. The largest absolute Gasteiger partial charge is 0.507 e. The average Bonchev–Trinajstić information content (AvgIpc) is 2.54. The maximum Gasteiger partial charge on any atom is 0.342 e. The molecule has 0 radical (unpaired) electrons. The van der Waals surface area contributed by atoms with Crippen LogP contribution in [0.25, 0.3) is 0 Å². The fourth-order valence-electron chi connectivity index (χ4n) is 2.00. The molecular formula is C17H15FO5. The lowest BCUT2D eigenvalue weighted by atomic mass is 10.1. The topological polar surface area (TPSA) is 72.8 Å². The minimum atomic E-state index is -0.838.